The van der Waals surface area contributed by atoms with Crippen LogP contribution in [0.5, 0.6) is 0 Å². The zero-order chi connectivity index (χ0) is 14.6. The van der Waals surface area contributed by atoms with Gasteiger partial charge < -0.3 is 5.11 Å². The summed E-state index contributed by atoms with van der Waals surface area (Å²) in [6.45, 7) is 0. The number of aliphatic hydroxyl groups excluding tert-OH is 1. The Bertz CT molecular complexity index is 451. The van der Waals surface area contributed by atoms with Gasteiger partial charge >= 0.3 is 17.8 Å². The average Bonchev–Trinajstić information content (AvgIpc) is 2.77. The van der Waals surface area contributed by atoms with Crippen molar-refractivity contribution in [2.75, 3.05) is 0 Å². The van der Waals surface area contributed by atoms with Crippen LogP contribution in [0.15, 0.2) is 0 Å². The molecule has 0 aromatic carbocycles. The van der Waals surface area contributed by atoms with Crippen LogP contribution in [0.1, 0.15) is 12.8 Å². The van der Waals surface area contributed by atoms with E-state index in [-0.39, 0.29) is 0 Å². The highest BCUT2D eigenvalue weighted by atomic mass is 19.4. The number of fused-ring (bicyclic) bond motifs is 5. The van der Waals surface area contributed by atoms with Gasteiger partial charge in [-0.3, -0.25) is 0 Å². The highest BCUT2D eigenvalue weighted by molar-refractivity contribution is 5.38. The Balaban J connectivity index is 2.31. The maximum atomic E-state index is 14.4. The van der Waals surface area contributed by atoms with Crippen molar-refractivity contribution in [1.82, 2.24) is 0 Å². The summed E-state index contributed by atoms with van der Waals surface area (Å²) in [7, 11) is 0. The van der Waals surface area contributed by atoms with Gasteiger partial charge in [0.25, 0.3) is 0 Å². The Morgan fingerprint density at radius 2 is 1.16 bits per heavy atom. The Kier molecular flexibility index (Phi) is 2.02. The van der Waals surface area contributed by atoms with Gasteiger partial charge in [0.15, 0.2) is 0 Å². The van der Waals surface area contributed by atoms with E-state index in [9.17, 15) is 40.2 Å². The zero-order valence-electron chi connectivity index (χ0n) is 9.12. The molecular weight excluding hydrogens is 288 g/mol. The molecule has 0 aliphatic heterocycles. The van der Waals surface area contributed by atoms with Gasteiger partial charge in [0, 0.05) is 11.8 Å². The summed E-state index contributed by atoms with van der Waals surface area (Å²) >= 11 is 0. The minimum atomic E-state index is -6.13. The van der Waals surface area contributed by atoms with Crippen LogP contribution in [0, 0.1) is 11.8 Å². The van der Waals surface area contributed by atoms with E-state index >= 15 is 0 Å². The molecule has 0 aromatic heterocycles. The predicted octanol–water partition coefficient (Wildman–Crippen LogP) is 2.72. The third kappa shape index (κ3) is 0.882. The fourth-order valence-corrected chi connectivity index (χ4v) is 3.94. The highest BCUT2D eigenvalue weighted by Crippen LogP contribution is 2.79. The van der Waals surface area contributed by atoms with Crippen LogP contribution >= 0.6 is 0 Å². The lowest BCUT2D eigenvalue weighted by Crippen LogP contribution is -2.63. The second-order valence-corrected chi connectivity index (χ2v) is 5.49. The second-order valence-electron chi connectivity index (χ2n) is 5.49. The van der Waals surface area contributed by atoms with Crippen molar-refractivity contribution < 1.29 is 40.2 Å². The molecule has 0 saturated heterocycles. The molecule has 0 radical (unpaired) electrons. The summed E-state index contributed by atoms with van der Waals surface area (Å²) in [5, 5.41) is 9.29. The van der Waals surface area contributed by atoms with Crippen molar-refractivity contribution >= 4 is 0 Å². The lowest BCUT2D eigenvalue weighted by Gasteiger charge is -2.41. The molecule has 0 aromatic rings. The van der Waals surface area contributed by atoms with E-state index in [4.69, 9.17) is 0 Å². The minimum absolute atomic E-state index is 0.728. The molecule has 19 heavy (non-hydrogen) atoms. The van der Waals surface area contributed by atoms with Gasteiger partial charge in [0.2, 0.25) is 11.3 Å². The van der Waals surface area contributed by atoms with E-state index in [1.807, 2.05) is 0 Å². The normalized spacial score (nSPS) is 56.4. The molecule has 5 unspecified atom stereocenters. The molecule has 1 nitrogen and oxygen atoms in total. The summed E-state index contributed by atoms with van der Waals surface area (Å²) in [5.41, 5.74) is -9.41. The molecule has 0 spiro atoms. The van der Waals surface area contributed by atoms with E-state index in [0.717, 1.165) is 0 Å². The Morgan fingerprint density at radius 1 is 0.684 bits per heavy atom. The van der Waals surface area contributed by atoms with E-state index in [1.165, 1.54) is 0 Å². The van der Waals surface area contributed by atoms with Gasteiger partial charge in [-0.2, -0.15) is 26.3 Å². The van der Waals surface area contributed by atoms with Crippen molar-refractivity contribution in [3.63, 3.8) is 0 Å². The summed E-state index contributed by atoms with van der Waals surface area (Å²) in [6.07, 6.45) is -3.35. The predicted molar refractivity (Wildman–Crippen MR) is 44.7 cm³/mol. The summed E-state index contributed by atoms with van der Waals surface area (Å²) in [6, 6.07) is 0. The largest absolute Gasteiger partial charge is 0.393 e. The number of alkyl halides is 8. The molecule has 0 heterocycles. The molecule has 3 saturated carbocycles. The third-order valence-corrected chi connectivity index (χ3v) is 4.83. The lowest BCUT2D eigenvalue weighted by atomic mass is 9.73. The number of halogens is 8. The molecule has 3 aliphatic carbocycles. The molecule has 3 aliphatic rings. The van der Waals surface area contributed by atoms with Crippen molar-refractivity contribution in [1.29, 1.82) is 0 Å². The number of hydrogen-bond donors (Lipinski definition) is 1. The van der Waals surface area contributed by atoms with Crippen LogP contribution in [-0.4, -0.2) is 40.3 Å². The number of hydrogen-bond acceptors (Lipinski definition) is 1. The Labute approximate surface area is 101 Å². The van der Waals surface area contributed by atoms with Crippen LogP contribution in [0.2, 0.25) is 0 Å². The van der Waals surface area contributed by atoms with Gasteiger partial charge in [-0.15, -0.1) is 0 Å². The molecule has 9 heteroatoms. The Morgan fingerprint density at radius 3 is 1.68 bits per heavy atom. The fraction of sp³-hybridized carbons (Fsp3) is 1.00. The SMILES string of the molecule is OC1CC2CC1C1(F)C(F)(F)C(F)(F)C(F)(F)C21F. The highest BCUT2D eigenvalue weighted by Gasteiger charge is 3.03. The van der Waals surface area contributed by atoms with Crippen LogP contribution in [0.3, 0.4) is 0 Å². The van der Waals surface area contributed by atoms with Gasteiger partial charge in [-0.05, 0) is 12.8 Å². The fourth-order valence-electron chi connectivity index (χ4n) is 3.94. The molecule has 2 bridgehead atoms. The monoisotopic (exact) mass is 296 g/mol. The third-order valence-electron chi connectivity index (χ3n) is 4.83. The number of rotatable bonds is 0. The summed E-state index contributed by atoms with van der Waals surface area (Å²) in [4.78, 5) is 0. The summed E-state index contributed by atoms with van der Waals surface area (Å²) in [5.74, 6) is -22.1. The smallest absolute Gasteiger partial charge is 0.378 e. The van der Waals surface area contributed by atoms with Crippen molar-refractivity contribution in [2.24, 2.45) is 11.8 Å². The topological polar surface area (TPSA) is 20.2 Å². The quantitative estimate of drug-likeness (QED) is 0.682. The lowest BCUT2D eigenvalue weighted by molar-refractivity contribution is -0.298. The first-order valence-electron chi connectivity index (χ1n) is 5.56. The van der Waals surface area contributed by atoms with Gasteiger partial charge in [0.05, 0.1) is 6.10 Å². The molecule has 110 valence electrons. The Hall–Kier alpha value is -0.600. The van der Waals surface area contributed by atoms with Gasteiger partial charge in [-0.25, -0.2) is 8.78 Å². The van der Waals surface area contributed by atoms with Crippen molar-refractivity contribution in [3.8, 4) is 0 Å². The van der Waals surface area contributed by atoms with E-state index < -0.39 is 59.9 Å². The van der Waals surface area contributed by atoms with E-state index in [2.05, 4.69) is 0 Å². The minimum Gasteiger partial charge on any atom is -0.393 e. The average molecular weight is 296 g/mol. The molecule has 3 fully saturated rings. The first-order valence-corrected chi connectivity index (χ1v) is 5.56. The van der Waals surface area contributed by atoms with Crippen molar-refractivity contribution in [3.05, 3.63) is 0 Å². The van der Waals surface area contributed by atoms with E-state index in [1.54, 1.807) is 0 Å². The molecular formula is C10H8F8O. The van der Waals surface area contributed by atoms with Crippen LogP contribution in [0.4, 0.5) is 35.1 Å². The maximum Gasteiger partial charge on any atom is 0.378 e. The van der Waals surface area contributed by atoms with Gasteiger partial charge in [-0.1, -0.05) is 0 Å². The van der Waals surface area contributed by atoms with Crippen LogP contribution in [-0.2, 0) is 0 Å². The van der Waals surface area contributed by atoms with Crippen molar-refractivity contribution in [2.45, 2.75) is 48.1 Å². The molecule has 3 rings (SSSR count). The molecule has 1 N–H and O–H groups in total. The zero-order valence-corrected chi connectivity index (χ0v) is 9.12. The second kappa shape index (κ2) is 2.87. The standard InChI is InChI=1S/C10H8F8O/c11-6-3-1-4(5(19)2-3)7(6,12)9(15,16)10(17,18)8(6,13)14/h3-5,19H,1-2H2. The first-order chi connectivity index (χ1) is 8.37. The molecule has 5 atom stereocenters. The van der Waals surface area contributed by atoms with Crippen LogP contribution in [0.25, 0.3) is 0 Å². The first kappa shape index (κ1) is 13.4. The number of aliphatic hydroxyl groups is 1. The molecule has 0 amide bonds. The van der Waals surface area contributed by atoms with Gasteiger partial charge in [0.1, 0.15) is 0 Å². The maximum absolute atomic E-state index is 14.4. The van der Waals surface area contributed by atoms with E-state index in [0.29, 0.717) is 0 Å². The van der Waals surface area contributed by atoms with Crippen LogP contribution < -0.4 is 0 Å². The summed E-state index contributed by atoms with van der Waals surface area (Å²) < 4.78 is 109.